The molecule has 3 rings (SSSR count). The van der Waals surface area contributed by atoms with Crippen molar-refractivity contribution in [3.63, 3.8) is 0 Å². The highest BCUT2D eigenvalue weighted by Crippen LogP contribution is 2.31. The first kappa shape index (κ1) is 8.97. The van der Waals surface area contributed by atoms with Gasteiger partial charge in [0.1, 0.15) is 0 Å². The summed E-state index contributed by atoms with van der Waals surface area (Å²) < 4.78 is 1.23. The first-order valence-corrected chi connectivity index (χ1v) is 6.05. The second-order valence-corrected chi connectivity index (χ2v) is 4.93. The average Bonchev–Trinajstić information content (AvgIpc) is 2.84. The zero-order chi connectivity index (χ0) is 10.3. The minimum absolute atomic E-state index is 0.792. The van der Waals surface area contributed by atoms with Crippen LogP contribution in [0.15, 0.2) is 18.2 Å². The fraction of sp³-hybridized carbons (Fsp3) is 0.364. The Labute approximate surface area is 92.5 Å². The van der Waals surface area contributed by atoms with Gasteiger partial charge in [0.2, 0.25) is 0 Å². The summed E-state index contributed by atoms with van der Waals surface area (Å²) in [6.45, 7) is 2.30. The van der Waals surface area contributed by atoms with Gasteiger partial charge >= 0.3 is 0 Å². The summed E-state index contributed by atoms with van der Waals surface area (Å²) >= 11 is 1.76. The van der Waals surface area contributed by atoms with Gasteiger partial charge in [-0.15, -0.1) is 0 Å². The van der Waals surface area contributed by atoms with Crippen molar-refractivity contribution in [2.24, 2.45) is 0 Å². The summed E-state index contributed by atoms with van der Waals surface area (Å²) in [4.78, 5) is 6.98. The van der Waals surface area contributed by atoms with Gasteiger partial charge in [-0.25, -0.2) is 4.98 Å². The van der Waals surface area contributed by atoms with E-state index in [4.69, 9.17) is 5.73 Å². The Bertz CT molecular complexity index is 486. The second-order valence-electron chi connectivity index (χ2n) is 3.92. The molecule has 1 aliphatic rings. The van der Waals surface area contributed by atoms with E-state index in [1.54, 1.807) is 11.3 Å². The summed E-state index contributed by atoms with van der Waals surface area (Å²) in [5.41, 5.74) is 7.56. The molecule has 1 fully saturated rings. The molecule has 1 aliphatic heterocycles. The Hall–Kier alpha value is -1.29. The first-order valence-electron chi connectivity index (χ1n) is 5.24. The predicted molar refractivity (Wildman–Crippen MR) is 65.5 cm³/mol. The average molecular weight is 219 g/mol. The van der Waals surface area contributed by atoms with E-state index < -0.39 is 0 Å². The molecular weight excluding hydrogens is 206 g/mol. The van der Waals surface area contributed by atoms with Gasteiger partial charge in [-0.2, -0.15) is 0 Å². The molecule has 0 spiro atoms. The van der Waals surface area contributed by atoms with Crippen LogP contribution in [0.4, 0.5) is 10.8 Å². The molecule has 15 heavy (non-hydrogen) atoms. The molecule has 0 unspecified atom stereocenters. The van der Waals surface area contributed by atoms with Crippen molar-refractivity contribution in [1.82, 2.24) is 4.98 Å². The Kier molecular flexibility index (Phi) is 2.02. The van der Waals surface area contributed by atoms with E-state index in [-0.39, 0.29) is 0 Å². The maximum Gasteiger partial charge on any atom is 0.186 e. The number of hydrogen-bond donors (Lipinski definition) is 1. The molecule has 2 N–H and O–H groups in total. The number of hydrogen-bond acceptors (Lipinski definition) is 4. The molecule has 3 nitrogen and oxygen atoms in total. The molecule has 0 radical (unpaired) electrons. The third kappa shape index (κ3) is 1.55. The molecule has 2 aromatic rings. The minimum atomic E-state index is 0.792. The molecule has 78 valence electrons. The van der Waals surface area contributed by atoms with Crippen molar-refractivity contribution < 1.29 is 0 Å². The van der Waals surface area contributed by atoms with Crippen LogP contribution in [-0.2, 0) is 0 Å². The standard InChI is InChI=1S/C11H13N3S/c12-8-3-4-10-9(7-8)13-11(15-10)14-5-1-2-6-14/h3-4,7H,1-2,5-6,12H2. The van der Waals surface area contributed by atoms with Crippen LogP contribution in [0.1, 0.15) is 12.8 Å². The van der Waals surface area contributed by atoms with Crippen molar-refractivity contribution in [3.05, 3.63) is 18.2 Å². The van der Waals surface area contributed by atoms with Gasteiger partial charge in [-0.1, -0.05) is 11.3 Å². The minimum Gasteiger partial charge on any atom is -0.399 e. The molecule has 0 atom stereocenters. The van der Waals surface area contributed by atoms with Crippen molar-refractivity contribution in [2.45, 2.75) is 12.8 Å². The van der Waals surface area contributed by atoms with Gasteiger partial charge < -0.3 is 10.6 Å². The molecule has 0 aliphatic carbocycles. The summed E-state index contributed by atoms with van der Waals surface area (Å²) in [5, 5.41) is 1.15. The van der Waals surface area contributed by atoms with Crippen molar-refractivity contribution in [3.8, 4) is 0 Å². The fourth-order valence-electron chi connectivity index (χ4n) is 1.98. The van der Waals surface area contributed by atoms with Gasteiger partial charge in [-0.05, 0) is 31.0 Å². The summed E-state index contributed by atoms with van der Waals surface area (Å²) in [7, 11) is 0. The van der Waals surface area contributed by atoms with Crippen molar-refractivity contribution in [2.75, 3.05) is 23.7 Å². The van der Waals surface area contributed by atoms with Gasteiger partial charge in [-0.3, -0.25) is 0 Å². The first-order chi connectivity index (χ1) is 7.33. The number of aromatic nitrogens is 1. The van der Waals surface area contributed by atoms with E-state index >= 15 is 0 Å². The van der Waals surface area contributed by atoms with Crippen LogP contribution in [0.25, 0.3) is 10.2 Å². The molecule has 0 saturated carbocycles. The Balaban J connectivity index is 2.05. The summed E-state index contributed by atoms with van der Waals surface area (Å²) in [6, 6.07) is 5.95. The number of anilines is 2. The molecule has 0 bridgehead atoms. The second kappa shape index (κ2) is 3.38. The Morgan fingerprint density at radius 2 is 2.07 bits per heavy atom. The van der Waals surface area contributed by atoms with E-state index in [0.717, 1.165) is 29.4 Å². The molecule has 4 heteroatoms. The SMILES string of the molecule is Nc1ccc2sc(N3CCCC3)nc2c1. The van der Waals surface area contributed by atoms with Gasteiger partial charge in [0.25, 0.3) is 0 Å². The number of nitrogen functional groups attached to an aromatic ring is 1. The topological polar surface area (TPSA) is 42.1 Å². The molecule has 1 saturated heterocycles. The highest BCUT2D eigenvalue weighted by atomic mass is 32.1. The van der Waals surface area contributed by atoms with Crippen LogP contribution in [0.3, 0.4) is 0 Å². The third-order valence-corrected chi connectivity index (χ3v) is 3.87. The van der Waals surface area contributed by atoms with Crippen LogP contribution < -0.4 is 10.6 Å². The van der Waals surface area contributed by atoms with Crippen molar-refractivity contribution in [1.29, 1.82) is 0 Å². The normalized spacial score (nSPS) is 16.4. The number of thiazole rings is 1. The largest absolute Gasteiger partial charge is 0.399 e. The number of fused-ring (bicyclic) bond motifs is 1. The lowest BCUT2D eigenvalue weighted by molar-refractivity contribution is 0.949. The monoisotopic (exact) mass is 219 g/mol. The molecule has 2 heterocycles. The lowest BCUT2D eigenvalue weighted by atomic mass is 10.3. The number of rotatable bonds is 1. The lowest BCUT2D eigenvalue weighted by Crippen LogP contribution is -2.16. The smallest absolute Gasteiger partial charge is 0.186 e. The fourth-order valence-corrected chi connectivity index (χ4v) is 2.97. The lowest BCUT2D eigenvalue weighted by Gasteiger charge is -2.11. The van der Waals surface area contributed by atoms with Gasteiger partial charge in [0, 0.05) is 18.8 Å². The van der Waals surface area contributed by atoms with Gasteiger partial charge in [0.05, 0.1) is 10.2 Å². The maximum atomic E-state index is 5.74. The molecular formula is C11H13N3S. The predicted octanol–water partition coefficient (Wildman–Crippen LogP) is 2.48. The Morgan fingerprint density at radius 3 is 2.87 bits per heavy atom. The van der Waals surface area contributed by atoms with E-state index in [0.29, 0.717) is 0 Å². The van der Waals surface area contributed by atoms with Crippen LogP contribution in [-0.4, -0.2) is 18.1 Å². The van der Waals surface area contributed by atoms with E-state index in [9.17, 15) is 0 Å². The highest BCUT2D eigenvalue weighted by Gasteiger charge is 2.15. The third-order valence-electron chi connectivity index (χ3n) is 2.78. The van der Waals surface area contributed by atoms with Crippen LogP contribution in [0.5, 0.6) is 0 Å². The zero-order valence-electron chi connectivity index (χ0n) is 8.44. The van der Waals surface area contributed by atoms with Crippen molar-refractivity contribution >= 4 is 32.4 Å². The molecule has 1 aromatic heterocycles. The van der Waals surface area contributed by atoms with E-state index in [2.05, 4.69) is 16.0 Å². The molecule has 0 amide bonds. The van der Waals surface area contributed by atoms with Crippen LogP contribution >= 0.6 is 11.3 Å². The summed E-state index contributed by atoms with van der Waals surface area (Å²) in [6.07, 6.45) is 2.58. The Morgan fingerprint density at radius 1 is 1.27 bits per heavy atom. The number of nitrogens with two attached hydrogens (primary N) is 1. The quantitative estimate of drug-likeness (QED) is 0.749. The van der Waals surface area contributed by atoms with Gasteiger partial charge in [0.15, 0.2) is 5.13 Å². The van der Waals surface area contributed by atoms with Crippen LogP contribution in [0, 0.1) is 0 Å². The van der Waals surface area contributed by atoms with Crippen LogP contribution in [0.2, 0.25) is 0 Å². The number of benzene rings is 1. The zero-order valence-corrected chi connectivity index (χ0v) is 9.26. The summed E-state index contributed by atoms with van der Waals surface area (Å²) in [5.74, 6) is 0. The molecule has 1 aromatic carbocycles. The van der Waals surface area contributed by atoms with E-state index in [1.807, 2.05) is 12.1 Å². The maximum absolute atomic E-state index is 5.74. The number of nitrogens with zero attached hydrogens (tertiary/aromatic N) is 2. The van der Waals surface area contributed by atoms with E-state index in [1.165, 1.54) is 17.5 Å². The highest BCUT2D eigenvalue weighted by molar-refractivity contribution is 7.22.